The van der Waals surface area contributed by atoms with Gasteiger partial charge in [-0.2, -0.15) is 0 Å². The Labute approximate surface area is 92.6 Å². The molecular formula is C10H14FN3O2. The molecule has 88 valence electrons. The molecule has 0 aliphatic rings. The number of nitrogens with zero attached hydrogens (tertiary/aromatic N) is 1. The van der Waals surface area contributed by atoms with Gasteiger partial charge in [-0.25, -0.2) is 4.39 Å². The molecular weight excluding hydrogens is 213 g/mol. The molecule has 0 fully saturated rings. The fourth-order valence-corrected chi connectivity index (χ4v) is 1.33. The van der Waals surface area contributed by atoms with Crippen LogP contribution in [-0.4, -0.2) is 17.5 Å². The van der Waals surface area contributed by atoms with Crippen LogP contribution in [0.1, 0.15) is 13.3 Å². The van der Waals surface area contributed by atoms with Gasteiger partial charge in [0.15, 0.2) is 0 Å². The van der Waals surface area contributed by atoms with Crippen LogP contribution in [0.4, 0.5) is 15.8 Å². The molecule has 0 saturated heterocycles. The number of nitrogens with two attached hydrogens (primary N) is 1. The summed E-state index contributed by atoms with van der Waals surface area (Å²) in [7, 11) is 0. The topological polar surface area (TPSA) is 81.2 Å². The first-order valence-electron chi connectivity index (χ1n) is 4.98. The molecule has 0 bridgehead atoms. The Morgan fingerprint density at radius 1 is 1.56 bits per heavy atom. The van der Waals surface area contributed by atoms with Crippen molar-refractivity contribution in [3.63, 3.8) is 0 Å². The van der Waals surface area contributed by atoms with Gasteiger partial charge in [-0.05, 0) is 12.5 Å². The highest BCUT2D eigenvalue weighted by atomic mass is 19.1. The van der Waals surface area contributed by atoms with Gasteiger partial charge in [-0.1, -0.05) is 6.92 Å². The maximum absolute atomic E-state index is 13.1. The molecule has 0 amide bonds. The number of rotatable bonds is 5. The highest BCUT2D eigenvalue weighted by Crippen LogP contribution is 2.20. The molecule has 1 rings (SSSR count). The number of hydrogen-bond donors (Lipinski definition) is 2. The third kappa shape index (κ3) is 3.16. The molecule has 1 aromatic rings. The van der Waals surface area contributed by atoms with Gasteiger partial charge in [0.05, 0.1) is 11.0 Å². The van der Waals surface area contributed by atoms with Crippen molar-refractivity contribution in [1.82, 2.24) is 0 Å². The van der Waals surface area contributed by atoms with Crippen molar-refractivity contribution in [1.29, 1.82) is 0 Å². The van der Waals surface area contributed by atoms with Crippen LogP contribution in [0.3, 0.4) is 0 Å². The first-order chi connectivity index (χ1) is 7.56. The summed E-state index contributed by atoms with van der Waals surface area (Å²) < 4.78 is 13.1. The molecule has 16 heavy (non-hydrogen) atoms. The van der Waals surface area contributed by atoms with E-state index in [1.54, 1.807) is 0 Å². The lowest BCUT2D eigenvalue weighted by molar-refractivity contribution is -0.385. The van der Waals surface area contributed by atoms with E-state index in [-0.39, 0.29) is 11.7 Å². The molecule has 0 aromatic heterocycles. The van der Waals surface area contributed by atoms with Gasteiger partial charge in [-0.3, -0.25) is 10.1 Å². The predicted octanol–water partition coefficient (Wildman–Crippen LogP) is 1.88. The lowest BCUT2D eigenvalue weighted by atomic mass is 10.2. The number of halogens is 1. The second-order valence-corrected chi connectivity index (χ2v) is 3.44. The highest BCUT2D eigenvalue weighted by molar-refractivity contribution is 5.52. The second-order valence-electron chi connectivity index (χ2n) is 3.44. The molecule has 0 spiro atoms. The summed E-state index contributed by atoms with van der Waals surface area (Å²) in [5.41, 5.74) is 5.59. The van der Waals surface area contributed by atoms with Crippen LogP contribution >= 0.6 is 0 Å². The molecule has 3 N–H and O–H groups in total. The smallest absolute Gasteiger partial charge is 0.274 e. The summed E-state index contributed by atoms with van der Waals surface area (Å²) in [6, 6.07) is 3.38. The van der Waals surface area contributed by atoms with E-state index in [2.05, 4.69) is 5.32 Å². The minimum Gasteiger partial charge on any atom is -0.381 e. The zero-order valence-electron chi connectivity index (χ0n) is 8.94. The monoisotopic (exact) mass is 227 g/mol. The Hall–Kier alpha value is -1.69. The first-order valence-corrected chi connectivity index (χ1v) is 4.98. The molecule has 0 radical (unpaired) electrons. The normalized spacial score (nSPS) is 12.2. The third-order valence-corrected chi connectivity index (χ3v) is 2.24. The third-order valence-electron chi connectivity index (χ3n) is 2.24. The fraction of sp³-hybridized carbons (Fsp3) is 0.400. The number of benzene rings is 1. The van der Waals surface area contributed by atoms with Gasteiger partial charge in [0.25, 0.3) is 5.69 Å². The number of anilines is 1. The molecule has 1 atom stereocenters. The number of non-ortho nitro benzene ring substituents is 1. The van der Waals surface area contributed by atoms with Gasteiger partial charge in [0.1, 0.15) is 5.82 Å². The van der Waals surface area contributed by atoms with Gasteiger partial charge >= 0.3 is 0 Å². The van der Waals surface area contributed by atoms with Crippen LogP contribution in [0, 0.1) is 15.9 Å². The minimum absolute atomic E-state index is 0.0126. The van der Waals surface area contributed by atoms with Gasteiger partial charge in [0.2, 0.25) is 0 Å². The Bertz CT molecular complexity index is 380. The standard InChI is InChI=1S/C10H14FN3O2/c1-2-8(6-12)13-9-3-7(11)4-10(5-9)14(15)16/h3-5,8,13H,2,6,12H2,1H3. The molecule has 6 heteroatoms. The van der Waals surface area contributed by atoms with Crippen LogP contribution < -0.4 is 11.1 Å². The van der Waals surface area contributed by atoms with Crippen LogP contribution in [0.5, 0.6) is 0 Å². The van der Waals surface area contributed by atoms with Crippen LogP contribution in [0.25, 0.3) is 0 Å². The summed E-state index contributed by atoms with van der Waals surface area (Å²) in [5, 5.41) is 13.5. The zero-order valence-corrected chi connectivity index (χ0v) is 8.94. The highest BCUT2D eigenvalue weighted by Gasteiger charge is 2.11. The Morgan fingerprint density at radius 3 is 2.75 bits per heavy atom. The lowest BCUT2D eigenvalue weighted by Gasteiger charge is -2.15. The lowest BCUT2D eigenvalue weighted by Crippen LogP contribution is -2.27. The van der Waals surface area contributed by atoms with E-state index in [0.29, 0.717) is 12.2 Å². The summed E-state index contributed by atoms with van der Waals surface area (Å²) in [6.45, 7) is 2.32. The largest absolute Gasteiger partial charge is 0.381 e. The SMILES string of the molecule is CCC(CN)Nc1cc(F)cc([N+](=O)[O-])c1. The maximum Gasteiger partial charge on any atom is 0.274 e. The molecule has 1 aromatic carbocycles. The van der Waals surface area contributed by atoms with Crippen molar-refractivity contribution in [3.8, 4) is 0 Å². The summed E-state index contributed by atoms with van der Waals surface area (Å²) in [6.07, 6.45) is 0.765. The van der Waals surface area contributed by atoms with E-state index in [0.717, 1.165) is 12.5 Å². The fourth-order valence-electron chi connectivity index (χ4n) is 1.33. The molecule has 0 aliphatic heterocycles. The quantitative estimate of drug-likeness (QED) is 0.594. The van der Waals surface area contributed by atoms with Gasteiger partial charge < -0.3 is 11.1 Å². The van der Waals surface area contributed by atoms with E-state index >= 15 is 0 Å². The summed E-state index contributed by atoms with van der Waals surface area (Å²) >= 11 is 0. The molecule has 1 unspecified atom stereocenters. The number of nitrogens with one attached hydrogen (secondary N) is 1. The predicted molar refractivity (Wildman–Crippen MR) is 59.8 cm³/mol. The Morgan fingerprint density at radius 2 is 2.25 bits per heavy atom. The zero-order chi connectivity index (χ0) is 12.1. The Balaban J connectivity index is 2.91. The van der Waals surface area contributed by atoms with Crippen molar-refractivity contribution in [2.75, 3.05) is 11.9 Å². The van der Waals surface area contributed by atoms with Crippen molar-refractivity contribution < 1.29 is 9.31 Å². The van der Waals surface area contributed by atoms with Crippen molar-refractivity contribution in [3.05, 3.63) is 34.1 Å². The van der Waals surface area contributed by atoms with Crippen molar-refractivity contribution in [2.45, 2.75) is 19.4 Å². The van der Waals surface area contributed by atoms with Crippen LogP contribution in [0.2, 0.25) is 0 Å². The number of hydrogen-bond acceptors (Lipinski definition) is 4. The molecule has 0 aliphatic carbocycles. The minimum atomic E-state index is -0.636. The summed E-state index contributed by atoms with van der Waals surface area (Å²) in [4.78, 5) is 9.89. The number of nitro benzene ring substituents is 1. The van der Waals surface area contributed by atoms with Gasteiger partial charge in [-0.15, -0.1) is 0 Å². The number of nitro groups is 1. The average Bonchev–Trinajstić information content (AvgIpc) is 2.25. The first kappa shape index (κ1) is 12.4. The van der Waals surface area contributed by atoms with Gasteiger partial charge in [0, 0.05) is 24.3 Å². The van der Waals surface area contributed by atoms with Crippen molar-refractivity contribution >= 4 is 11.4 Å². The Kier molecular flexibility index (Phi) is 4.19. The van der Waals surface area contributed by atoms with Crippen LogP contribution in [-0.2, 0) is 0 Å². The van der Waals surface area contributed by atoms with Crippen LogP contribution in [0.15, 0.2) is 18.2 Å². The van der Waals surface area contributed by atoms with E-state index in [1.807, 2.05) is 6.92 Å². The van der Waals surface area contributed by atoms with E-state index in [9.17, 15) is 14.5 Å². The maximum atomic E-state index is 13.1. The van der Waals surface area contributed by atoms with E-state index < -0.39 is 10.7 Å². The second kappa shape index (κ2) is 5.41. The van der Waals surface area contributed by atoms with E-state index in [4.69, 9.17) is 5.73 Å². The summed E-state index contributed by atoms with van der Waals surface area (Å²) in [5.74, 6) is -0.636. The van der Waals surface area contributed by atoms with Crippen molar-refractivity contribution in [2.24, 2.45) is 5.73 Å². The molecule has 0 saturated carbocycles. The molecule has 5 nitrogen and oxygen atoms in total. The average molecular weight is 227 g/mol. The molecule has 0 heterocycles. The van der Waals surface area contributed by atoms with E-state index in [1.165, 1.54) is 12.1 Å².